The maximum absolute atomic E-state index is 13.5. The van der Waals surface area contributed by atoms with E-state index < -0.39 is 47.8 Å². The highest BCUT2D eigenvalue weighted by molar-refractivity contribution is 6.04. The van der Waals surface area contributed by atoms with Gasteiger partial charge in [0.25, 0.3) is 5.91 Å². The van der Waals surface area contributed by atoms with E-state index in [0.29, 0.717) is 28.5 Å². The number of carbonyl (C=O) groups excluding carboxylic acids is 1. The van der Waals surface area contributed by atoms with Crippen LogP contribution in [0, 0.1) is 18.3 Å². The molecule has 5 rings (SSSR count). The van der Waals surface area contributed by atoms with E-state index in [1.165, 1.54) is 30.3 Å². The molecule has 0 saturated heterocycles. The summed E-state index contributed by atoms with van der Waals surface area (Å²) in [6.07, 6.45) is -11.7. The van der Waals surface area contributed by atoms with Gasteiger partial charge in [-0.2, -0.15) is 49.9 Å². The predicted molar refractivity (Wildman–Crippen MR) is 149 cm³/mol. The van der Waals surface area contributed by atoms with Crippen LogP contribution in [0.25, 0.3) is 22.3 Å². The van der Waals surface area contributed by atoms with Crippen LogP contribution in [0.15, 0.2) is 59.4 Å². The molecule has 5 N–H and O–H groups in total. The number of anilines is 2. The van der Waals surface area contributed by atoms with Gasteiger partial charge in [-0.1, -0.05) is 5.16 Å². The van der Waals surface area contributed by atoms with E-state index >= 15 is 0 Å². The van der Waals surface area contributed by atoms with Gasteiger partial charge in [-0.15, -0.1) is 0 Å². The lowest BCUT2D eigenvalue weighted by atomic mass is 10.1. The fourth-order valence-corrected chi connectivity index (χ4v) is 3.68. The summed E-state index contributed by atoms with van der Waals surface area (Å²) in [6, 6.07) is 11.6. The van der Waals surface area contributed by atoms with Crippen molar-refractivity contribution in [3.05, 3.63) is 77.6 Å². The van der Waals surface area contributed by atoms with E-state index in [4.69, 9.17) is 30.1 Å². The number of carbonyl (C=O) groups is 3. The molecule has 0 unspecified atom stereocenters. The van der Waals surface area contributed by atoms with Crippen LogP contribution >= 0.6 is 0 Å². The van der Waals surface area contributed by atoms with Gasteiger partial charge in [0.15, 0.2) is 17.1 Å². The number of nitrogens with two attached hydrogens (primary N) is 1. The van der Waals surface area contributed by atoms with E-state index in [1.807, 2.05) is 6.07 Å². The number of nitrogen functional groups attached to an aromatic ring is 1. The number of hydrogen-bond donors (Lipinski definition) is 4. The SMILES string of the molecule is Cc1nccn1-c1ccc(NC(=O)c2cc(C(F)(F)F)nn2-c2ccc3onc(N)c3c2)c(C#N)c1.O=C(O)C(F)(F)F.O=C(O)C(F)(F)F. The van der Waals surface area contributed by atoms with Gasteiger partial charge in [0.1, 0.15) is 17.6 Å². The number of halogens is 9. The zero-order valence-corrected chi connectivity index (χ0v) is 24.4. The molecule has 0 fully saturated rings. The third-order valence-electron chi connectivity index (χ3n) is 5.92. The topological polar surface area (TPSA) is 215 Å². The molecular weight excluding hydrogens is 703 g/mol. The van der Waals surface area contributed by atoms with Crippen molar-refractivity contribution in [1.82, 2.24) is 24.5 Å². The average molecular weight is 720 g/mol. The predicted octanol–water partition coefficient (Wildman–Crippen LogP) is 5.50. The van der Waals surface area contributed by atoms with Crippen molar-refractivity contribution in [3.63, 3.8) is 0 Å². The first-order valence-electron chi connectivity index (χ1n) is 12.8. The molecular formula is C27H17F9N8O6. The molecule has 0 aliphatic carbocycles. The van der Waals surface area contributed by atoms with Gasteiger partial charge >= 0.3 is 30.5 Å². The number of rotatable bonds is 4. The number of aryl methyl sites for hydroxylation is 1. The third-order valence-corrected chi connectivity index (χ3v) is 5.92. The Morgan fingerprint density at radius 2 is 1.50 bits per heavy atom. The van der Waals surface area contributed by atoms with Crippen LogP contribution in [0.2, 0.25) is 0 Å². The number of nitrogens with zero attached hydrogens (tertiary/aromatic N) is 6. The maximum Gasteiger partial charge on any atom is 0.490 e. The summed E-state index contributed by atoms with van der Waals surface area (Å²) in [5.74, 6) is -5.70. The van der Waals surface area contributed by atoms with Gasteiger partial charge in [0.2, 0.25) is 0 Å². The van der Waals surface area contributed by atoms with Crippen molar-refractivity contribution < 1.29 is 68.6 Å². The Morgan fingerprint density at radius 3 is 2.00 bits per heavy atom. The molecule has 0 aliphatic heterocycles. The highest BCUT2D eigenvalue weighted by Gasteiger charge is 2.39. The van der Waals surface area contributed by atoms with Gasteiger partial charge in [0, 0.05) is 24.1 Å². The number of nitrogens with one attached hydrogen (secondary N) is 1. The largest absolute Gasteiger partial charge is 0.490 e. The third kappa shape index (κ3) is 9.05. The van der Waals surface area contributed by atoms with E-state index in [1.54, 1.807) is 30.0 Å². The number of carboxylic acid groups (broad SMARTS) is 2. The molecule has 264 valence electrons. The summed E-state index contributed by atoms with van der Waals surface area (Å²) in [7, 11) is 0. The molecule has 3 heterocycles. The number of amides is 1. The number of fused-ring (bicyclic) bond motifs is 1. The van der Waals surface area contributed by atoms with Crippen molar-refractivity contribution >= 4 is 40.3 Å². The second-order valence-corrected chi connectivity index (χ2v) is 9.32. The number of alkyl halides is 9. The number of nitriles is 1. The smallest absolute Gasteiger partial charge is 0.475 e. The summed E-state index contributed by atoms with van der Waals surface area (Å²) in [5, 5.41) is 33.9. The molecule has 3 aromatic heterocycles. The monoisotopic (exact) mass is 720 g/mol. The number of aliphatic carboxylic acids is 2. The second kappa shape index (κ2) is 14.3. The Balaban J connectivity index is 0.000000408. The fourth-order valence-electron chi connectivity index (χ4n) is 3.68. The summed E-state index contributed by atoms with van der Waals surface area (Å²) in [6.45, 7) is 1.78. The van der Waals surface area contributed by atoms with E-state index in [9.17, 15) is 49.6 Å². The van der Waals surface area contributed by atoms with Crippen LogP contribution in [0.1, 0.15) is 27.6 Å². The molecule has 14 nitrogen and oxygen atoms in total. The number of aromatic nitrogens is 5. The van der Waals surface area contributed by atoms with Gasteiger partial charge in [-0.05, 0) is 43.3 Å². The summed E-state index contributed by atoms with van der Waals surface area (Å²) < 4.78 is 112. The van der Waals surface area contributed by atoms with Crippen LogP contribution in [0.4, 0.5) is 51.0 Å². The van der Waals surface area contributed by atoms with E-state index in [2.05, 4.69) is 20.6 Å². The number of hydrogen-bond acceptors (Lipinski definition) is 9. The van der Waals surface area contributed by atoms with Crippen molar-refractivity contribution in [2.24, 2.45) is 0 Å². The molecule has 50 heavy (non-hydrogen) atoms. The van der Waals surface area contributed by atoms with Crippen LogP contribution in [-0.4, -0.2) is 64.9 Å². The van der Waals surface area contributed by atoms with E-state index in [-0.39, 0.29) is 22.8 Å². The van der Waals surface area contributed by atoms with Gasteiger partial charge in [-0.25, -0.2) is 19.3 Å². The number of imidazole rings is 1. The first kappa shape index (κ1) is 37.9. The Labute approximate surface area is 270 Å². The molecule has 0 radical (unpaired) electrons. The Morgan fingerprint density at radius 1 is 0.920 bits per heavy atom. The minimum Gasteiger partial charge on any atom is -0.475 e. The molecule has 5 aromatic rings. The fraction of sp³-hybridized carbons (Fsp3) is 0.148. The normalized spacial score (nSPS) is 11.5. The molecule has 0 aliphatic rings. The van der Waals surface area contributed by atoms with Crippen LogP contribution in [0.5, 0.6) is 0 Å². The molecule has 0 atom stereocenters. The van der Waals surface area contributed by atoms with Crippen LogP contribution in [-0.2, 0) is 15.8 Å². The lowest BCUT2D eigenvalue weighted by Crippen LogP contribution is -2.21. The van der Waals surface area contributed by atoms with Gasteiger partial charge < -0.3 is 30.4 Å². The molecule has 1 amide bonds. The van der Waals surface area contributed by atoms with Crippen molar-refractivity contribution in [3.8, 4) is 17.4 Å². The average Bonchev–Trinajstić information content (AvgIpc) is 3.75. The van der Waals surface area contributed by atoms with E-state index in [0.717, 1.165) is 4.68 Å². The lowest BCUT2D eigenvalue weighted by molar-refractivity contribution is -0.193. The molecule has 0 spiro atoms. The maximum atomic E-state index is 13.5. The standard InChI is InChI=1S/C23H15F3N8O2.2C2HF3O2/c1-12-29-6-7-33(12)14-2-4-17(13(8-14)11-27)30-22(35)18-10-20(23(24,25)26)31-34(18)15-3-5-19-16(9-15)21(28)32-36-19;2*3-2(4,5)1(6)7/h2-10H,1H3,(H2,28,32)(H,30,35);2*(H,6,7). The highest BCUT2D eigenvalue weighted by Crippen LogP contribution is 2.31. The molecule has 0 saturated carbocycles. The van der Waals surface area contributed by atoms with Crippen LogP contribution in [0.3, 0.4) is 0 Å². The van der Waals surface area contributed by atoms with Crippen LogP contribution < -0.4 is 11.1 Å². The minimum atomic E-state index is -5.08. The molecule has 0 bridgehead atoms. The van der Waals surface area contributed by atoms with Crippen molar-refractivity contribution in [2.45, 2.75) is 25.5 Å². The second-order valence-electron chi connectivity index (χ2n) is 9.32. The first-order valence-corrected chi connectivity index (χ1v) is 12.8. The van der Waals surface area contributed by atoms with Gasteiger partial charge in [-0.3, -0.25) is 4.79 Å². The Bertz CT molecular complexity index is 2070. The zero-order valence-electron chi connectivity index (χ0n) is 24.4. The summed E-state index contributed by atoms with van der Waals surface area (Å²) >= 11 is 0. The van der Waals surface area contributed by atoms with Crippen molar-refractivity contribution in [1.29, 1.82) is 5.26 Å². The lowest BCUT2D eigenvalue weighted by Gasteiger charge is -2.11. The zero-order chi connectivity index (χ0) is 37.8. The molecule has 2 aromatic carbocycles. The van der Waals surface area contributed by atoms with Gasteiger partial charge in [0.05, 0.1) is 22.3 Å². The Hall–Kier alpha value is -6.60. The summed E-state index contributed by atoms with van der Waals surface area (Å²) in [5.41, 5.74) is 5.38. The quantitative estimate of drug-likeness (QED) is 0.170. The minimum absolute atomic E-state index is 0.0351. The highest BCUT2D eigenvalue weighted by atomic mass is 19.4. The first-order chi connectivity index (χ1) is 23.0. The van der Waals surface area contributed by atoms with Crippen molar-refractivity contribution in [2.75, 3.05) is 11.1 Å². The Kier molecular flexibility index (Phi) is 10.8. The molecule has 23 heteroatoms. The number of benzene rings is 2. The summed E-state index contributed by atoms with van der Waals surface area (Å²) in [4.78, 5) is 35.1. The number of carboxylic acids is 2.